The van der Waals surface area contributed by atoms with Crippen LogP contribution in [0.1, 0.15) is 42.7 Å². The normalized spacial score (nSPS) is 18.4. The van der Waals surface area contributed by atoms with Gasteiger partial charge >= 0.3 is 12.1 Å². The number of carbonyl (C=O) groups is 2. The summed E-state index contributed by atoms with van der Waals surface area (Å²) >= 11 is 0. The Morgan fingerprint density at radius 1 is 1.05 bits per heavy atom. The van der Waals surface area contributed by atoms with Crippen LogP contribution in [0, 0.1) is 11.6 Å². The molecule has 1 aromatic heterocycles. The fourth-order valence-corrected chi connectivity index (χ4v) is 5.11. The van der Waals surface area contributed by atoms with Gasteiger partial charge in [-0.05, 0) is 61.7 Å². The Labute approximate surface area is 231 Å². The molecule has 0 aliphatic carbocycles. The number of hydrogen-bond acceptors (Lipinski definition) is 7. The SMILES string of the molecule is COC(=O)CCc1ccc(OC)c(-c2ccc(N3CCC3)nc2CN2C(=O)O[C@H](c3cc(F)cc(F)c3)[C@@H]2C)c1. The maximum atomic E-state index is 13.9. The Morgan fingerprint density at radius 3 is 2.45 bits per heavy atom. The van der Waals surface area contributed by atoms with Gasteiger partial charge in [0.2, 0.25) is 0 Å². The van der Waals surface area contributed by atoms with E-state index in [1.807, 2.05) is 30.3 Å². The second-order valence-electron chi connectivity index (χ2n) is 9.99. The van der Waals surface area contributed by atoms with E-state index < -0.39 is 29.9 Å². The van der Waals surface area contributed by atoms with Gasteiger partial charge in [-0.15, -0.1) is 0 Å². The Bertz CT molecular complexity index is 1410. The van der Waals surface area contributed by atoms with Crippen molar-refractivity contribution in [2.45, 2.75) is 44.9 Å². The molecule has 0 spiro atoms. The predicted molar refractivity (Wildman–Crippen MR) is 144 cm³/mol. The van der Waals surface area contributed by atoms with Crippen LogP contribution in [0.25, 0.3) is 11.1 Å². The smallest absolute Gasteiger partial charge is 0.411 e. The molecule has 2 aliphatic heterocycles. The van der Waals surface area contributed by atoms with E-state index in [0.29, 0.717) is 17.9 Å². The molecule has 5 rings (SSSR count). The van der Waals surface area contributed by atoms with E-state index in [0.717, 1.165) is 48.1 Å². The Hall–Kier alpha value is -4.21. The van der Waals surface area contributed by atoms with Crippen molar-refractivity contribution >= 4 is 17.9 Å². The van der Waals surface area contributed by atoms with Crippen LogP contribution in [0.15, 0.2) is 48.5 Å². The third-order valence-electron chi connectivity index (χ3n) is 7.46. The van der Waals surface area contributed by atoms with Gasteiger partial charge in [-0.2, -0.15) is 0 Å². The fraction of sp³-hybridized carbons (Fsp3) is 0.367. The third kappa shape index (κ3) is 5.57. The summed E-state index contributed by atoms with van der Waals surface area (Å²) in [6.45, 7) is 3.69. The van der Waals surface area contributed by atoms with Crippen LogP contribution in [-0.4, -0.2) is 55.3 Å². The van der Waals surface area contributed by atoms with E-state index in [9.17, 15) is 18.4 Å². The van der Waals surface area contributed by atoms with Crippen molar-refractivity contribution in [1.82, 2.24) is 9.88 Å². The highest BCUT2D eigenvalue weighted by atomic mass is 19.1. The molecule has 0 radical (unpaired) electrons. The molecule has 3 heterocycles. The first kappa shape index (κ1) is 27.4. The molecule has 0 saturated carbocycles. The Kier molecular flexibility index (Phi) is 7.86. The molecule has 8 nitrogen and oxygen atoms in total. The summed E-state index contributed by atoms with van der Waals surface area (Å²) in [4.78, 5) is 33.4. The van der Waals surface area contributed by atoms with E-state index in [4.69, 9.17) is 19.2 Å². The number of benzene rings is 2. The van der Waals surface area contributed by atoms with Gasteiger partial charge < -0.3 is 19.1 Å². The summed E-state index contributed by atoms with van der Waals surface area (Å²) in [5.74, 6) is -0.349. The molecule has 0 N–H and O–H groups in total. The summed E-state index contributed by atoms with van der Waals surface area (Å²) < 4.78 is 43.9. The lowest BCUT2D eigenvalue weighted by atomic mass is 9.97. The fourth-order valence-electron chi connectivity index (χ4n) is 5.11. The molecule has 2 atom stereocenters. The molecule has 10 heteroatoms. The van der Waals surface area contributed by atoms with E-state index in [1.165, 1.54) is 24.1 Å². The quantitative estimate of drug-likeness (QED) is 0.328. The lowest BCUT2D eigenvalue weighted by molar-refractivity contribution is -0.140. The van der Waals surface area contributed by atoms with Gasteiger partial charge in [0.25, 0.3) is 0 Å². The number of halogens is 2. The molecule has 0 bridgehead atoms. The summed E-state index contributed by atoms with van der Waals surface area (Å²) in [5.41, 5.74) is 3.33. The molecule has 0 unspecified atom stereocenters. The van der Waals surface area contributed by atoms with E-state index in [2.05, 4.69) is 4.90 Å². The van der Waals surface area contributed by atoms with E-state index >= 15 is 0 Å². The molecule has 2 aromatic carbocycles. The average molecular weight is 552 g/mol. The van der Waals surface area contributed by atoms with Crippen molar-refractivity contribution in [3.63, 3.8) is 0 Å². The monoisotopic (exact) mass is 551 g/mol. The maximum Gasteiger partial charge on any atom is 0.411 e. The molecule has 1 amide bonds. The topological polar surface area (TPSA) is 81.2 Å². The zero-order valence-electron chi connectivity index (χ0n) is 22.7. The summed E-state index contributed by atoms with van der Waals surface area (Å²) in [5, 5.41) is 0. The first-order valence-electron chi connectivity index (χ1n) is 13.2. The minimum Gasteiger partial charge on any atom is -0.496 e. The number of amides is 1. The summed E-state index contributed by atoms with van der Waals surface area (Å²) in [6, 6.07) is 12.2. The molecular weight excluding hydrogens is 520 g/mol. The number of methoxy groups -OCH3 is 2. The lowest BCUT2D eigenvalue weighted by Gasteiger charge is -2.33. The molecule has 2 saturated heterocycles. The number of ether oxygens (including phenoxy) is 3. The van der Waals surface area contributed by atoms with Gasteiger partial charge in [0.05, 0.1) is 32.5 Å². The van der Waals surface area contributed by atoms with Crippen molar-refractivity contribution in [3.8, 4) is 16.9 Å². The number of carbonyl (C=O) groups excluding carboxylic acids is 2. The van der Waals surface area contributed by atoms with Crippen molar-refractivity contribution in [2.75, 3.05) is 32.2 Å². The van der Waals surface area contributed by atoms with Crippen LogP contribution in [0.4, 0.5) is 19.4 Å². The standard InChI is InChI=1S/C30H31F2N3O5/c1-18-29(20-14-21(31)16-22(32)15-20)40-30(37)35(18)17-25-23(7-9-27(33-25)34-11-4-12-34)24-13-19(5-8-26(24)38-2)6-10-28(36)39-3/h5,7-9,13-16,18,29H,4,6,10-12,17H2,1-3H3/t18-,29-/m0/s1. The van der Waals surface area contributed by atoms with E-state index in [-0.39, 0.29) is 24.5 Å². The van der Waals surface area contributed by atoms with Gasteiger partial charge in [-0.25, -0.2) is 18.6 Å². The molecule has 40 heavy (non-hydrogen) atoms. The van der Waals surface area contributed by atoms with E-state index in [1.54, 1.807) is 14.0 Å². The molecule has 2 fully saturated rings. The molecular formula is C30H31F2N3O5. The van der Waals surface area contributed by atoms with Gasteiger partial charge in [0.15, 0.2) is 0 Å². The number of esters is 1. The van der Waals surface area contributed by atoms with Crippen molar-refractivity contribution in [1.29, 1.82) is 0 Å². The summed E-state index contributed by atoms with van der Waals surface area (Å²) in [6.07, 6.45) is 0.370. The first-order chi connectivity index (χ1) is 19.3. The maximum absolute atomic E-state index is 13.9. The number of pyridine rings is 1. The number of hydrogen-bond donors (Lipinski definition) is 0. The van der Waals surface area contributed by atoms with Crippen molar-refractivity contribution < 1.29 is 32.6 Å². The van der Waals surface area contributed by atoms with Crippen molar-refractivity contribution in [3.05, 3.63) is 77.0 Å². The van der Waals surface area contributed by atoms with Gasteiger partial charge in [-0.1, -0.05) is 6.07 Å². The van der Waals surface area contributed by atoms with Gasteiger partial charge in [0, 0.05) is 42.3 Å². The number of cyclic esters (lactones) is 1. The van der Waals surface area contributed by atoms with Gasteiger partial charge in [0.1, 0.15) is 29.3 Å². The van der Waals surface area contributed by atoms with Crippen LogP contribution in [-0.2, 0) is 27.2 Å². The lowest BCUT2D eigenvalue weighted by Crippen LogP contribution is -2.38. The number of anilines is 1. The van der Waals surface area contributed by atoms with Crippen LogP contribution >= 0.6 is 0 Å². The highest BCUT2D eigenvalue weighted by Gasteiger charge is 2.40. The number of nitrogens with zero attached hydrogens (tertiary/aromatic N) is 3. The Balaban J connectivity index is 1.50. The van der Waals surface area contributed by atoms with Crippen LogP contribution in [0.5, 0.6) is 5.75 Å². The van der Waals surface area contributed by atoms with Crippen molar-refractivity contribution in [2.24, 2.45) is 0 Å². The average Bonchev–Trinajstić information content (AvgIpc) is 3.18. The number of rotatable bonds is 9. The highest BCUT2D eigenvalue weighted by molar-refractivity contribution is 5.76. The van der Waals surface area contributed by atoms with Crippen LogP contribution in [0.3, 0.4) is 0 Å². The minimum atomic E-state index is -0.837. The zero-order chi connectivity index (χ0) is 28.4. The Morgan fingerprint density at radius 2 is 1.80 bits per heavy atom. The zero-order valence-corrected chi connectivity index (χ0v) is 22.7. The number of aryl methyl sites for hydroxylation is 1. The highest BCUT2D eigenvalue weighted by Crippen LogP contribution is 2.38. The third-order valence-corrected chi connectivity index (χ3v) is 7.46. The summed E-state index contributed by atoms with van der Waals surface area (Å²) in [7, 11) is 2.94. The minimum absolute atomic E-state index is 0.112. The predicted octanol–water partition coefficient (Wildman–Crippen LogP) is 5.43. The second kappa shape index (κ2) is 11.5. The second-order valence-corrected chi connectivity index (χ2v) is 9.99. The number of aromatic nitrogens is 1. The van der Waals surface area contributed by atoms with Crippen LogP contribution < -0.4 is 9.64 Å². The first-order valence-corrected chi connectivity index (χ1v) is 13.2. The molecule has 2 aliphatic rings. The van der Waals surface area contributed by atoms with Gasteiger partial charge in [-0.3, -0.25) is 9.69 Å². The molecule has 210 valence electrons. The largest absolute Gasteiger partial charge is 0.496 e. The van der Waals surface area contributed by atoms with Crippen LogP contribution in [0.2, 0.25) is 0 Å². The molecule has 3 aromatic rings.